The summed E-state index contributed by atoms with van der Waals surface area (Å²) in [5, 5.41) is 11.9. The van der Waals surface area contributed by atoms with Crippen LogP contribution in [0.25, 0.3) is 11.3 Å². The fourth-order valence-corrected chi connectivity index (χ4v) is 3.30. The van der Waals surface area contributed by atoms with Crippen molar-refractivity contribution in [2.45, 2.75) is 6.42 Å². The molecule has 0 saturated carbocycles. The van der Waals surface area contributed by atoms with Crippen molar-refractivity contribution in [3.05, 3.63) is 62.6 Å². The van der Waals surface area contributed by atoms with Gasteiger partial charge < -0.3 is 10.1 Å². The second-order valence-corrected chi connectivity index (χ2v) is 6.40. The van der Waals surface area contributed by atoms with E-state index in [1.165, 1.54) is 5.56 Å². The van der Waals surface area contributed by atoms with E-state index >= 15 is 0 Å². The molecule has 0 bridgehead atoms. The first-order valence-corrected chi connectivity index (χ1v) is 7.90. The topological polar surface area (TPSA) is 66.0 Å². The SMILES string of the molecule is O=C(O)c1cc(-c2csc(Cc3cccc(Br)c3)n2)c[nH]1. The molecule has 21 heavy (non-hydrogen) atoms. The van der Waals surface area contributed by atoms with E-state index < -0.39 is 5.97 Å². The molecule has 2 aromatic heterocycles. The van der Waals surface area contributed by atoms with Crippen molar-refractivity contribution in [1.29, 1.82) is 0 Å². The van der Waals surface area contributed by atoms with E-state index in [1.807, 2.05) is 17.5 Å². The first-order valence-electron chi connectivity index (χ1n) is 6.23. The molecular formula is C15H11BrN2O2S. The molecule has 6 heteroatoms. The standard InChI is InChI=1S/C15H11BrN2O2S/c16-11-3-1-2-9(4-11)5-14-18-13(8-21-14)10-6-12(15(19)20)17-7-10/h1-4,6-8,17H,5H2,(H,19,20). The number of aromatic amines is 1. The average Bonchev–Trinajstić information content (AvgIpc) is 3.06. The zero-order valence-electron chi connectivity index (χ0n) is 10.8. The minimum atomic E-state index is -0.967. The summed E-state index contributed by atoms with van der Waals surface area (Å²) in [4.78, 5) is 18.2. The van der Waals surface area contributed by atoms with Gasteiger partial charge in [-0.3, -0.25) is 0 Å². The average molecular weight is 363 g/mol. The minimum Gasteiger partial charge on any atom is -0.477 e. The Morgan fingerprint density at radius 2 is 2.24 bits per heavy atom. The van der Waals surface area contributed by atoms with E-state index in [4.69, 9.17) is 5.11 Å². The number of rotatable bonds is 4. The summed E-state index contributed by atoms with van der Waals surface area (Å²) in [5.41, 5.74) is 2.95. The molecule has 0 unspecified atom stereocenters. The number of aromatic nitrogens is 2. The summed E-state index contributed by atoms with van der Waals surface area (Å²) in [5.74, 6) is -0.967. The molecule has 3 rings (SSSR count). The number of nitrogens with zero attached hydrogens (tertiary/aromatic N) is 1. The van der Waals surface area contributed by atoms with Gasteiger partial charge in [-0.2, -0.15) is 0 Å². The quantitative estimate of drug-likeness (QED) is 0.731. The van der Waals surface area contributed by atoms with Gasteiger partial charge >= 0.3 is 5.97 Å². The molecule has 0 amide bonds. The van der Waals surface area contributed by atoms with Crippen LogP contribution in [0, 0.1) is 0 Å². The Hall–Kier alpha value is -1.92. The summed E-state index contributed by atoms with van der Waals surface area (Å²) in [7, 11) is 0. The highest BCUT2D eigenvalue weighted by Gasteiger charge is 2.10. The molecule has 2 N–H and O–H groups in total. The number of carboxylic acids is 1. The highest BCUT2D eigenvalue weighted by Crippen LogP contribution is 2.24. The monoisotopic (exact) mass is 362 g/mol. The molecule has 0 atom stereocenters. The van der Waals surface area contributed by atoms with Crippen molar-refractivity contribution < 1.29 is 9.90 Å². The van der Waals surface area contributed by atoms with Crippen LogP contribution in [0.2, 0.25) is 0 Å². The smallest absolute Gasteiger partial charge is 0.352 e. The van der Waals surface area contributed by atoms with Crippen LogP contribution in [0.5, 0.6) is 0 Å². The van der Waals surface area contributed by atoms with E-state index in [2.05, 4.69) is 38.0 Å². The predicted molar refractivity (Wildman–Crippen MR) is 85.8 cm³/mol. The Morgan fingerprint density at radius 1 is 1.38 bits per heavy atom. The lowest BCUT2D eigenvalue weighted by Gasteiger charge is -1.98. The molecule has 0 aliphatic carbocycles. The van der Waals surface area contributed by atoms with Crippen molar-refractivity contribution in [2.75, 3.05) is 0 Å². The van der Waals surface area contributed by atoms with Crippen molar-refractivity contribution >= 4 is 33.2 Å². The first kappa shape index (κ1) is 14.0. The van der Waals surface area contributed by atoms with Gasteiger partial charge in [-0.05, 0) is 23.8 Å². The summed E-state index contributed by atoms with van der Waals surface area (Å²) in [6.07, 6.45) is 2.43. The van der Waals surface area contributed by atoms with Gasteiger partial charge in [0.15, 0.2) is 0 Å². The summed E-state index contributed by atoms with van der Waals surface area (Å²) >= 11 is 5.03. The van der Waals surface area contributed by atoms with E-state index in [0.29, 0.717) is 0 Å². The Bertz CT molecular complexity index is 794. The maximum atomic E-state index is 10.9. The molecule has 0 aliphatic rings. The normalized spacial score (nSPS) is 10.7. The molecule has 0 aliphatic heterocycles. The first-order chi connectivity index (χ1) is 10.1. The Kier molecular flexibility index (Phi) is 3.90. The van der Waals surface area contributed by atoms with Crippen LogP contribution in [0.1, 0.15) is 21.1 Å². The number of hydrogen-bond acceptors (Lipinski definition) is 3. The number of H-pyrrole nitrogens is 1. The molecule has 0 radical (unpaired) electrons. The number of hydrogen-bond donors (Lipinski definition) is 2. The molecule has 106 valence electrons. The number of benzene rings is 1. The third-order valence-electron chi connectivity index (χ3n) is 3.01. The number of carboxylic acid groups (broad SMARTS) is 1. The van der Waals surface area contributed by atoms with Crippen molar-refractivity contribution in [3.8, 4) is 11.3 Å². The van der Waals surface area contributed by atoms with Gasteiger partial charge in [0, 0.05) is 28.0 Å². The van der Waals surface area contributed by atoms with Crippen LogP contribution in [-0.4, -0.2) is 21.0 Å². The van der Waals surface area contributed by atoms with Crippen molar-refractivity contribution in [3.63, 3.8) is 0 Å². The third-order valence-corrected chi connectivity index (χ3v) is 4.35. The van der Waals surface area contributed by atoms with Gasteiger partial charge in [-0.1, -0.05) is 28.1 Å². The van der Waals surface area contributed by atoms with E-state index in [9.17, 15) is 4.79 Å². The molecule has 0 spiro atoms. The summed E-state index contributed by atoms with van der Waals surface area (Å²) in [6.45, 7) is 0. The van der Waals surface area contributed by atoms with Gasteiger partial charge in [-0.15, -0.1) is 11.3 Å². The highest BCUT2D eigenvalue weighted by molar-refractivity contribution is 9.10. The third kappa shape index (κ3) is 3.22. The van der Waals surface area contributed by atoms with Crippen LogP contribution in [-0.2, 0) is 6.42 Å². The fraction of sp³-hybridized carbons (Fsp3) is 0.0667. The molecule has 3 aromatic rings. The van der Waals surface area contributed by atoms with Gasteiger partial charge in [0.05, 0.1) is 10.7 Å². The second kappa shape index (κ2) is 5.83. The van der Waals surface area contributed by atoms with Crippen LogP contribution in [0.3, 0.4) is 0 Å². The number of aromatic carboxylic acids is 1. The predicted octanol–water partition coefficient (Wildman–Crippen LogP) is 4.19. The zero-order chi connectivity index (χ0) is 14.8. The molecular weight excluding hydrogens is 352 g/mol. The van der Waals surface area contributed by atoms with Gasteiger partial charge in [0.1, 0.15) is 5.69 Å². The van der Waals surface area contributed by atoms with E-state index in [1.54, 1.807) is 23.6 Å². The lowest BCUT2D eigenvalue weighted by atomic mass is 10.2. The van der Waals surface area contributed by atoms with Gasteiger partial charge in [0.2, 0.25) is 0 Å². The number of thiazole rings is 1. The zero-order valence-corrected chi connectivity index (χ0v) is 13.2. The van der Waals surface area contributed by atoms with Crippen molar-refractivity contribution in [1.82, 2.24) is 9.97 Å². The Balaban J connectivity index is 1.81. The largest absolute Gasteiger partial charge is 0.477 e. The summed E-state index contributed by atoms with van der Waals surface area (Å²) in [6, 6.07) is 9.72. The van der Waals surface area contributed by atoms with Gasteiger partial charge in [-0.25, -0.2) is 9.78 Å². The van der Waals surface area contributed by atoms with Crippen LogP contribution in [0.15, 0.2) is 46.4 Å². The molecule has 2 heterocycles. The lowest BCUT2D eigenvalue weighted by Crippen LogP contribution is -1.94. The minimum absolute atomic E-state index is 0.173. The summed E-state index contributed by atoms with van der Waals surface area (Å²) < 4.78 is 1.05. The highest BCUT2D eigenvalue weighted by atomic mass is 79.9. The maximum Gasteiger partial charge on any atom is 0.352 e. The van der Waals surface area contributed by atoms with Crippen LogP contribution >= 0.6 is 27.3 Å². The lowest BCUT2D eigenvalue weighted by molar-refractivity contribution is 0.0691. The molecule has 1 aromatic carbocycles. The molecule has 0 saturated heterocycles. The van der Waals surface area contributed by atoms with Crippen LogP contribution < -0.4 is 0 Å². The second-order valence-electron chi connectivity index (χ2n) is 4.54. The fourth-order valence-electron chi connectivity index (χ4n) is 2.01. The van der Waals surface area contributed by atoms with E-state index in [0.717, 1.165) is 27.2 Å². The number of carbonyl (C=O) groups is 1. The number of halogens is 1. The maximum absolute atomic E-state index is 10.9. The Morgan fingerprint density at radius 3 is 2.95 bits per heavy atom. The Labute approximate surface area is 133 Å². The number of nitrogens with one attached hydrogen (secondary N) is 1. The molecule has 4 nitrogen and oxygen atoms in total. The van der Waals surface area contributed by atoms with Gasteiger partial charge in [0.25, 0.3) is 0 Å². The van der Waals surface area contributed by atoms with E-state index in [-0.39, 0.29) is 5.69 Å². The van der Waals surface area contributed by atoms with Crippen LogP contribution in [0.4, 0.5) is 0 Å². The molecule has 0 fully saturated rings. The van der Waals surface area contributed by atoms with Crippen molar-refractivity contribution in [2.24, 2.45) is 0 Å².